The van der Waals surface area contributed by atoms with Crippen LogP contribution in [0, 0.1) is 0 Å². The Bertz CT molecular complexity index is 296. The normalized spacial score (nSPS) is 10.2. The van der Waals surface area contributed by atoms with Crippen LogP contribution in [0.5, 0.6) is 5.88 Å². The van der Waals surface area contributed by atoms with Crippen molar-refractivity contribution in [1.29, 1.82) is 0 Å². The molecule has 0 atom stereocenters. The first-order chi connectivity index (χ1) is 6.74. The van der Waals surface area contributed by atoms with Crippen LogP contribution < -0.4 is 4.74 Å². The first kappa shape index (κ1) is 11.7. The lowest BCUT2D eigenvalue weighted by Gasteiger charge is -2.05. The molecule has 0 saturated carbocycles. The molecule has 0 N–H and O–H groups in total. The number of aromatic nitrogens is 2. The van der Waals surface area contributed by atoms with Gasteiger partial charge in [-0.05, 0) is 34.0 Å². The van der Waals surface area contributed by atoms with Crippen LogP contribution in [0.15, 0.2) is 10.7 Å². The van der Waals surface area contributed by atoms with Gasteiger partial charge in [-0.2, -0.15) is 4.98 Å². The summed E-state index contributed by atoms with van der Waals surface area (Å²) in [5.41, 5.74) is 0. The Morgan fingerprint density at radius 2 is 2.29 bits per heavy atom. The molecule has 1 rings (SSSR count). The maximum atomic E-state index is 5.63. The minimum atomic E-state index is 0.207. The third-order valence-electron chi connectivity index (χ3n) is 1.67. The quantitative estimate of drug-likeness (QED) is 0.611. The average molecular weight is 280 g/mol. The van der Waals surface area contributed by atoms with Crippen LogP contribution in [0.1, 0.15) is 26.2 Å². The molecule has 0 aliphatic rings. The molecule has 0 unspecified atom stereocenters. The highest BCUT2D eigenvalue weighted by Crippen LogP contribution is 2.22. The third-order valence-corrected chi connectivity index (χ3v) is 2.40. The van der Waals surface area contributed by atoms with Gasteiger partial charge in [0.15, 0.2) is 0 Å². The lowest BCUT2D eigenvalue weighted by atomic mass is 10.3. The monoisotopic (exact) mass is 278 g/mol. The highest BCUT2D eigenvalue weighted by molar-refractivity contribution is 9.10. The van der Waals surface area contributed by atoms with E-state index >= 15 is 0 Å². The second kappa shape index (κ2) is 6.19. The summed E-state index contributed by atoms with van der Waals surface area (Å²) in [6.45, 7) is 2.82. The summed E-state index contributed by atoms with van der Waals surface area (Å²) in [5.74, 6) is 0.515. The van der Waals surface area contributed by atoms with Crippen molar-refractivity contribution in [3.63, 3.8) is 0 Å². The fraction of sp³-hybridized carbons (Fsp3) is 0.556. The summed E-state index contributed by atoms with van der Waals surface area (Å²) in [4.78, 5) is 7.77. The van der Waals surface area contributed by atoms with Crippen molar-refractivity contribution in [3.05, 3.63) is 16.0 Å². The molecule has 0 radical (unpaired) electrons. The molecule has 0 aliphatic carbocycles. The zero-order valence-corrected chi connectivity index (χ0v) is 10.3. The molecular formula is C9H12BrClN2O. The zero-order chi connectivity index (χ0) is 10.4. The van der Waals surface area contributed by atoms with Gasteiger partial charge in [0.1, 0.15) is 0 Å². The summed E-state index contributed by atoms with van der Waals surface area (Å²) in [5, 5.41) is 0.207. The number of hydrogen-bond acceptors (Lipinski definition) is 3. The SMILES string of the molecule is CCCCCOc1nc(Cl)ncc1Br. The number of hydrogen-bond donors (Lipinski definition) is 0. The van der Waals surface area contributed by atoms with Gasteiger partial charge in [-0.25, -0.2) is 4.98 Å². The lowest BCUT2D eigenvalue weighted by molar-refractivity contribution is 0.292. The van der Waals surface area contributed by atoms with E-state index in [0.29, 0.717) is 12.5 Å². The number of ether oxygens (including phenoxy) is 1. The Hall–Kier alpha value is -0.350. The molecule has 14 heavy (non-hydrogen) atoms. The van der Waals surface area contributed by atoms with Gasteiger partial charge in [0.2, 0.25) is 11.2 Å². The molecule has 0 aliphatic heterocycles. The molecular weight excluding hydrogens is 267 g/mol. The van der Waals surface area contributed by atoms with Crippen molar-refractivity contribution in [2.45, 2.75) is 26.2 Å². The van der Waals surface area contributed by atoms with Crippen LogP contribution in [-0.4, -0.2) is 16.6 Å². The summed E-state index contributed by atoms with van der Waals surface area (Å²) in [6, 6.07) is 0. The van der Waals surface area contributed by atoms with Crippen LogP contribution in [0.25, 0.3) is 0 Å². The summed E-state index contributed by atoms with van der Waals surface area (Å²) < 4.78 is 6.17. The highest BCUT2D eigenvalue weighted by Gasteiger charge is 2.04. The van der Waals surface area contributed by atoms with Gasteiger partial charge in [0.25, 0.3) is 0 Å². The maximum Gasteiger partial charge on any atom is 0.232 e. The largest absolute Gasteiger partial charge is 0.477 e. The first-order valence-electron chi connectivity index (χ1n) is 4.55. The van der Waals surface area contributed by atoms with Gasteiger partial charge >= 0.3 is 0 Å². The van der Waals surface area contributed by atoms with Gasteiger partial charge in [-0.3, -0.25) is 0 Å². The van der Waals surface area contributed by atoms with Crippen molar-refractivity contribution < 1.29 is 4.74 Å². The first-order valence-corrected chi connectivity index (χ1v) is 5.72. The van der Waals surface area contributed by atoms with E-state index < -0.39 is 0 Å². The molecule has 3 nitrogen and oxygen atoms in total. The molecule has 78 valence electrons. The molecule has 0 spiro atoms. The van der Waals surface area contributed by atoms with Gasteiger partial charge in [-0.15, -0.1) is 0 Å². The Kier molecular flexibility index (Phi) is 5.19. The second-order valence-corrected chi connectivity index (χ2v) is 4.04. The van der Waals surface area contributed by atoms with E-state index in [1.807, 2.05) is 0 Å². The van der Waals surface area contributed by atoms with Gasteiger partial charge in [0, 0.05) is 6.20 Å². The van der Waals surface area contributed by atoms with Gasteiger partial charge < -0.3 is 4.74 Å². The van der Waals surface area contributed by atoms with E-state index in [4.69, 9.17) is 16.3 Å². The van der Waals surface area contributed by atoms with Crippen LogP contribution in [-0.2, 0) is 0 Å². The van der Waals surface area contributed by atoms with Gasteiger partial charge in [0.05, 0.1) is 11.1 Å². The Balaban J connectivity index is 2.45. The second-order valence-electron chi connectivity index (χ2n) is 2.85. The van der Waals surface area contributed by atoms with E-state index in [1.54, 1.807) is 6.20 Å². The fourth-order valence-corrected chi connectivity index (χ4v) is 1.38. The predicted molar refractivity (Wildman–Crippen MR) is 59.8 cm³/mol. The minimum absolute atomic E-state index is 0.207. The van der Waals surface area contributed by atoms with Crippen molar-refractivity contribution in [2.75, 3.05) is 6.61 Å². The number of halogens is 2. The van der Waals surface area contributed by atoms with Crippen molar-refractivity contribution in [3.8, 4) is 5.88 Å². The van der Waals surface area contributed by atoms with E-state index in [0.717, 1.165) is 17.3 Å². The van der Waals surface area contributed by atoms with E-state index in [-0.39, 0.29) is 5.28 Å². The van der Waals surface area contributed by atoms with Crippen molar-refractivity contribution in [2.24, 2.45) is 0 Å². The molecule has 0 bridgehead atoms. The summed E-state index contributed by atoms with van der Waals surface area (Å²) in [6.07, 6.45) is 4.96. The fourth-order valence-electron chi connectivity index (χ4n) is 0.953. The molecule has 0 fully saturated rings. The number of rotatable bonds is 5. The van der Waals surface area contributed by atoms with Crippen LogP contribution in [0.4, 0.5) is 0 Å². The molecule has 0 saturated heterocycles. The number of unbranched alkanes of at least 4 members (excludes halogenated alkanes) is 2. The Labute approximate surface area is 97.0 Å². The molecule has 0 aromatic carbocycles. The van der Waals surface area contributed by atoms with Gasteiger partial charge in [-0.1, -0.05) is 19.8 Å². The van der Waals surface area contributed by atoms with E-state index in [9.17, 15) is 0 Å². The topological polar surface area (TPSA) is 35.0 Å². The van der Waals surface area contributed by atoms with Crippen LogP contribution in [0.3, 0.4) is 0 Å². The summed E-state index contributed by atoms with van der Waals surface area (Å²) >= 11 is 8.92. The highest BCUT2D eigenvalue weighted by atomic mass is 79.9. The molecule has 5 heteroatoms. The minimum Gasteiger partial charge on any atom is -0.477 e. The third kappa shape index (κ3) is 3.80. The molecule has 1 heterocycles. The van der Waals surface area contributed by atoms with E-state index in [1.165, 1.54) is 6.42 Å². The smallest absolute Gasteiger partial charge is 0.232 e. The molecule has 1 aromatic heterocycles. The Morgan fingerprint density at radius 3 is 3.00 bits per heavy atom. The van der Waals surface area contributed by atoms with Crippen molar-refractivity contribution in [1.82, 2.24) is 9.97 Å². The van der Waals surface area contributed by atoms with Crippen LogP contribution in [0.2, 0.25) is 5.28 Å². The predicted octanol–water partition coefficient (Wildman–Crippen LogP) is 3.46. The lowest BCUT2D eigenvalue weighted by Crippen LogP contribution is -2.00. The van der Waals surface area contributed by atoms with Crippen molar-refractivity contribution >= 4 is 27.5 Å². The molecule has 1 aromatic rings. The number of nitrogens with zero attached hydrogens (tertiary/aromatic N) is 2. The zero-order valence-electron chi connectivity index (χ0n) is 7.96. The standard InChI is InChI=1S/C9H12BrClN2O/c1-2-3-4-5-14-8-7(10)6-12-9(11)13-8/h6H,2-5H2,1H3. The maximum absolute atomic E-state index is 5.63. The Morgan fingerprint density at radius 1 is 1.50 bits per heavy atom. The average Bonchev–Trinajstić information content (AvgIpc) is 2.18. The van der Waals surface area contributed by atoms with E-state index in [2.05, 4.69) is 32.8 Å². The van der Waals surface area contributed by atoms with Crippen LogP contribution >= 0.6 is 27.5 Å². The molecule has 0 amide bonds. The summed E-state index contributed by atoms with van der Waals surface area (Å²) in [7, 11) is 0.